The zero-order chi connectivity index (χ0) is 20.5. The molecule has 2 aromatic heterocycles. The molecule has 0 amide bonds. The lowest BCUT2D eigenvalue weighted by Crippen LogP contribution is -2.45. The van der Waals surface area contributed by atoms with Gasteiger partial charge in [-0.05, 0) is 35.4 Å². The van der Waals surface area contributed by atoms with Gasteiger partial charge in [0.05, 0.1) is 0 Å². The van der Waals surface area contributed by atoms with Crippen molar-refractivity contribution in [3.8, 4) is 11.5 Å². The first kappa shape index (κ1) is 18.8. The maximum Gasteiger partial charge on any atom is 0.141 e. The highest BCUT2D eigenvalue weighted by Gasteiger charge is 2.19. The second kappa shape index (κ2) is 7.89. The van der Waals surface area contributed by atoms with E-state index in [0.29, 0.717) is 11.0 Å². The van der Waals surface area contributed by atoms with Gasteiger partial charge in [-0.15, -0.1) is 0 Å². The number of benzene rings is 2. The Bertz CT molecular complexity index is 1110. The van der Waals surface area contributed by atoms with E-state index in [1.54, 1.807) is 24.5 Å². The summed E-state index contributed by atoms with van der Waals surface area (Å²) >= 11 is 0. The van der Waals surface area contributed by atoms with Crippen LogP contribution in [0, 0.1) is 0 Å². The monoisotopic (exact) mass is 400 g/mol. The molecule has 30 heavy (non-hydrogen) atoms. The number of aromatic nitrogens is 2. The molecule has 3 heterocycles. The number of nitrogens with zero attached hydrogens (tertiary/aromatic N) is 4. The number of hydrogen-bond donors (Lipinski definition) is 2. The van der Waals surface area contributed by atoms with E-state index >= 15 is 0 Å². The summed E-state index contributed by atoms with van der Waals surface area (Å²) in [4.78, 5) is 13.5. The number of aromatic hydroxyl groups is 2. The molecule has 0 aliphatic carbocycles. The van der Waals surface area contributed by atoms with Crippen LogP contribution in [-0.4, -0.2) is 56.2 Å². The van der Waals surface area contributed by atoms with Crippen LogP contribution in [0.25, 0.3) is 21.8 Å². The molecular weight excluding hydrogens is 376 g/mol. The fourth-order valence-corrected chi connectivity index (χ4v) is 4.30. The van der Waals surface area contributed by atoms with Crippen molar-refractivity contribution in [3.05, 3.63) is 72.1 Å². The Balaban J connectivity index is 1.27. The van der Waals surface area contributed by atoms with Crippen molar-refractivity contribution in [2.24, 2.45) is 0 Å². The summed E-state index contributed by atoms with van der Waals surface area (Å²) in [6.45, 7) is 5.63. The Morgan fingerprint density at radius 2 is 1.07 bits per heavy atom. The predicted octanol–water partition coefficient (Wildman–Crippen LogP) is 3.51. The number of phenols is 2. The van der Waals surface area contributed by atoms with E-state index < -0.39 is 0 Å². The molecule has 0 radical (unpaired) electrons. The molecular formula is C24H24N4O2. The molecule has 1 aliphatic rings. The summed E-state index contributed by atoms with van der Waals surface area (Å²) in [5.74, 6) is 0.463. The van der Waals surface area contributed by atoms with Gasteiger partial charge in [-0.1, -0.05) is 24.3 Å². The number of phenolic OH excluding ortho intramolecular Hbond substituents is 2. The van der Waals surface area contributed by atoms with Gasteiger partial charge in [-0.3, -0.25) is 19.8 Å². The Hall–Kier alpha value is -3.22. The van der Waals surface area contributed by atoms with Crippen LogP contribution in [-0.2, 0) is 13.1 Å². The maximum absolute atomic E-state index is 10.1. The highest BCUT2D eigenvalue weighted by molar-refractivity contribution is 5.87. The van der Waals surface area contributed by atoms with E-state index in [2.05, 4.69) is 19.8 Å². The van der Waals surface area contributed by atoms with E-state index in [0.717, 1.165) is 50.0 Å². The van der Waals surface area contributed by atoms with Crippen LogP contribution in [0.3, 0.4) is 0 Å². The third kappa shape index (κ3) is 3.56. The predicted molar refractivity (Wildman–Crippen MR) is 117 cm³/mol. The molecule has 1 saturated heterocycles. The molecule has 0 spiro atoms. The Labute approximate surface area is 175 Å². The minimum atomic E-state index is 0.231. The van der Waals surface area contributed by atoms with Gasteiger partial charge in [0.25, 0.3) is 0 Å². The third-order valence-corrected chi connectivity index (χ3v) is 5.93. The van der Waals surface area contributed by atoms with Gasteiger partial charge in [0, 0.05) is 62.4 Å². The molecule has 152 valence electrons. The molecule has 0 atom stereocenters. The quantitative estimate of drug-likeness (QED) is 0.546. The van der Waals surface area contributed by atoms with Gasteiger partial charge < -0.3 is 10.2 Å². The van der Waals surface area contributed by atoms with E-state index in [4.69, 9.17) is 0 Å². The molecule has 0 saturated carbocycles. The zero-order valence-corrected chi connectivity index (χ0v) is 16.7. The van der Waals surface area contributed by atoms with Crippen molar-refractivity contribution in [1.82, 2.24) is 19.8 Å². The SMILES string of the molecule is Oc1ccc(CN2CCN(Cc3ccc(O)c4ncccc34)CC2)c2cccnc12. The molecule has 6 nitrogen and oxygen atoms in total. The summed E-state index contributed by atoms with van der Waals surface area (Å²) in [6.07, 6.45) is 3.43. The highest BCUT2D eigenvalue weighted by Crippen LogP contribution is 2.28. The molecule has 0 unspecified atom stereocenters. The highest BCUT2D eigenvalue weighted by atomic mass is 16.3. The van der Waals surface area contributed by atoms with Crippen molar-refractivity contribution in [1.29, 1.82) is 0 Å². The summed E-state index contributed by atoms with van der Waals surface area (Å²) in [5, 5.41) is 22.2. The average molecular weight is 400 g/mol. The van der Waals surface area contributed by atoms with Gasteiger partial charge >= 0.3 is 0 Å². The first-order chi connectivity index (χ1) is 14.7. The second-order valence-corrected chi connectivity index (χ2v) is 7.84. The van der Waals surface area contributed by atoms with E-state index in [-0.39, 0.29) is 11.5 Å². The Morgan fingerprint density at radius 3 is 1.50 bits per heavy atom. The van der Waals surface area contributed by atoms with Gasteiger partial charge in [-0.25, -0.2) is 0 Å². The average Bonchev–Trinajstić information content (AvgIpc) is 2.79. The Kier molecular flexibility index (Phi) is 4.94. The Morgan fingerprint density at radius 1 is 0.633 bits per heavy atom. The molecule has 2 N–H and O–H groups in total. The molecule has 0 bridgehead atoms. The largest absolute Gasteiger partial charge is 0.506 e. The maximum atomic E-state index is 10.1. The number of piperazine rings is 1. The van der Waals surface area contributed by atoms with Crippen LogP contribution in [0.15, 0.2) is 60.9 Å². The van der Waals surface area contributed by atoms with Gasteiger partial charge in [0.15, 0.2) is 0 Å². The van der Waals surface area contributed by atoms with Crippen LogP contribution in [0.2, 0.25) is 0 Å². The van der Waals surface area contributed by atoms with Crippen LogP contribution in [0.5, 0.6) is 11.5 Å². The molecule has 5 rings (SSSR count). The lowest BCUT2D eigenvalue weighted by Gasteiger charge is -2.35. The van der Waals surface area contributed by atoms with Crippen molar-refractivity contribution in [2.45, 2.75) is 13.1 Å². The van der Waals surface area contributed by atoms with Crippen molar-refractivity contribution in [2.75, 3.05) is 26.2 Å². The summed E-state index contributed by atoms with van der Waals surface area (Å²) in [7, 11) is 0. The summed E-state index contributed by atoms with van der Waals surface area (Å²) in [5.41, 5.74) is 3.72. The fraction of sp³-hybridized carbons (Fsp3) is 0.250. The van der Waals surface area contributed by atoms with Crippen LogP contribution >= 0.6 is 0 Å². The van der Waals surface area contributed by atoms with Gasteiger partial charge in [0.2, 0.25) is 0 Å². The first-order valence-electron chi connectivity index (χ1n) is 10.2. The minimum absolute atomic E-state index is 0.231. The second-order valence-electron chi connectivity index (χ2n) is 7.84. The molecule has 6 heteroatoms. The van der Waals surface area contributed by atoms with Crippen LogP contribution < -0.4 is 0 Å². The fourth-order valence-electron chi connectivity index (χ4n) is 4.30. The van der Waals surface area contributed by atoms with Crippen LogP contribution in [0.4, 0.5) is 0 Å². The van der Waals surface area contributed by atoms with Gasteiger partial charge in [0.1, 0.15) is 22.5 Å². The summed E-state index contributed by atoms with van der Waals surface area (Å²) in [6, 6.07) is 15.4. The minimum Gasteiger partial charge on any atom is -0.506 e. The molecule has 2 aromatic carbocycles. The number of pyridine rings is 2. The molecule has 1 fully saturated rings. The lowest BCUT2D eigenvalue weighted by molar-refractivity contribution is 0.122. The lowest BCUT2D eigenvalue weighted by atomic mass is 10.1. The number of rotatable bonds is 4. The molecule has 4 aromatic rings. The van der Waals surface area contributed by atoms with Crippen molar-refractivity contribution in [3.63, 3.8) is 0 Å². The first-order valence-corrected chi connectivity index (χ1v) is 10.2. The van der Waals surface area contributed by atoms with E-state index in [1.165, 1.54) is 11.1 Å². The van der Waals surface area contributed by atoms with Crippen molar-refractivity contribution < 1.29 is 10.2 Å². The van der Waals surface area contributed by atoms with Crippen LogP contribution in [0.1, 0.15) is 11.1 Å². The van der Waals surface area contributed by atoms with E-state index in [9.17, 15) is 10.2 Å². The number of fused-ring (bicyclic) bond motifs is 2. The topological polar surface area (TPSA) is 72.7 Å². The third-order valence-electron chi connectivity index (χ3n) is 5.93. The number of hydrogen-bond acceptors (Lipinski definition) is 6. The van der Waals surface area contributed by atoms with Crippen molar-refractivity contribution >= 4 is 21.8 Å². The zero-order valence-electron chi connectivity index (χ0n) is 16.7. The van der Waals surface area contributed by atoms with Gasteiger partial charge in [-0.2, -0.15) is 0 Å². The normalized spacial score (nSPS) is 15.7. The smallest absolute Gasteiger partial charge is 0.141 e. The van der Waals surface area contributed by atoms with E-state index in [1.807, 2.05) is 36.4 Å². The standard InChI is InChI=1S/C24H24N4O2/c29-21-7-5-17(19-3-1-9-25-23(19)21)15-27-11-13-28(14-12-27)16-18-6-8-22(30)24-20(18)4-2-10-26-24/h1-10,29-30H,11-16H2. The summed E-state index contributed by atoms with van der Waals surface area (Å²) < 4.78 is 0. The molecule has 1 aliphatic heterocycles.